The van der Waals surface area contributed by atoms with Gasteiger partial charge in [0.2, 0.25) is 5.60 Å². The molecule has 5 rings (SSSR count). The van der Waals surface area contributed by atoms with Crippen molar-refractivity contribution in [2.75, 3.05) is 19.7 Å². The van der Waals surface area contributed by atoms with Crippen LogP contribution in [0.2, 0.25) is 0 Å². The average Bonchev–Trinajstić information content (AvgIpc) is 2.73. The fourth-order valence-corrected chi connectivity index (χ4v) is 3.91. The number of carbonyl (C=O) groups is 1. The number of esters is 1. The minimum atomic E-state index is -1.81. The van der Waals surface area contributed by atoms with Gasteiger partial charge in [0.05, 0.1) is 0 Å². The molecule has 2 bridgehead atoms. The van der Waals surface area contributed by atoms with E-state index >= 15 is 0 Å². The second-order valence-corrected chi connectivity index (χ2v) is 7.03. The highest BCUT2D eigenvalue weighted by Gasteiger charge is 2.42. The monoisotopic (exact) mass is 349 g/mol. The molecule has 0 aliphatic carbocycles. The van der Waals surface area contributed by atoms with E-state index in [1.165, 1.54) is 0 Å². The van der Waals surface area contributed by atoms with Crippen molar-refractivity contribution in [2.24, 2.45) is 5.92 Å². The van der Waals surface area contributed by atoms with Crippen LogP contribution in [0.15, 0.2) is 72.4 Å². The lowest BCUT2D eigenvalue weighted by Gasteiger charge is -2.39. The first kappa shape index (κ1) is 16.9. The Balaban J connectivity index is 1.59. The molecule has 4 nitrogen and oxygen atoms in total. The fourth-order valence-electron chi connectivity index (χ4n) is 3.91. The summed E-state index contributed by atoms with van der Waals surface area (Å²) in [5, 5.41) is 11.4. The molecule has 0 spiro atoms. The molecule has 0 atom stereocenters. The van der Waals surface area contributed by atoms with Crippen LogP contribution >= 0.6 is 0 Å². The Labute approximate surface area is 153 Å². The van der Waals surface area contributed by atoms with Crippen LogP contribution in [0.1, 0.15) is 24.0 Å². The molecular formula is C22H23NO3. The lowest BCUT2D eigenvalue weighted by molar-refractivity contribution is -0.161. The molecule has 0 aromatic heterocycles. The maximum atomic E-state index is 13.0. The van der Waals surface area contributed by atoms with Gasteiger partial charge in [-0.25, -0.2) is 4.79 Å². The number of ether oxygens (including phenoxy) is 1. The first-order valence-electron chi connectivity index (χ1n) is 9.13. The number of carbonyl (C=O) groups excluding carboxylic acids is 1. The first-order valence-corrected chi connectivity index (χ1v) is 9.13. The standard InChI is InChI=1S/C22H23NO3/c24-21(26-16-18-15-23-13-11-17(18)12-14-23)22(25,19-7-3-1-4-8-19)20-9-5-2-6-10-20/h1-10,15,17,25H,11-14,16H2. The lowest BCUT2D eigenvalue weighted by Crippen LogP contribution is -2.41. The highest BCUT2D eigenvalue weighted by molar-refractivity contribution is 5.85. The average molecular weight is 349 g/mol. The molecule has 0 radical (unpaired) electrons. The summed E-state index contributed by atoms with van der Waals surface area (Å²) >= 11 is 0. The number of nitrogens with zero attached hydrogens (tertiary/aromatic N) is 1. The quantitative estimate of drug-likeness (QED) is 0.843. The van der Waals surface area contributed by atoms with Gasteiger partial charge in [-0.05, 0) is 35.5 Å². The predicted molar refractivity (Wildman–Crippen MR) is 99.2 cm³/mol. The molecule has 26 heavy (non-hydrogen) atoms. The zero-order valence-electron chi connectivity index (χ0n) is 14.7. The summed E-state index contributed by atoms with van der Waals surface area (Å²) in [4.78, 5) is 15.3. The number of piperidine rings is 1. The number of hydrogen-bond acceptors (Lipinski definition) is 4. The minimum absolute atomic E-state index is 0.238. The maximum Gasteiger partial charge on any atom is 0.348 e. The lowest BCUT2D eigenvalue weighted by atomic mass is 9.85. The second-order valence-electron chi connectivity index (χ2n) is 7.03. The van der Waals surface area contributed by atoms with Crippen LogP contribution in [0.4, 0.5) is 0 Å². The molecule has 134 valence electrons. The van der Waals surface area contributed by atoms with Crippen molar-refractivity contribution in [3.63, 3.8) is 0 Å². The van der Waals surface area contributed by atoms with E-state index in [1.54, 1.807) is 24.3 Å². The molecule has 1 saturated heterocycles. The Hall–Kier alpha value is -2.59. The first-order chi connectivity index (χ1) is 12.7. The van der Waals surface area contributed by atoms with E-state index in [0.29, 0.717) is 17.0 Å². The zero-order chi connectivity index (χ0) is 18.0. The van der Waals surface area contributed by atoms with Gasteiger partial charge in [0.1, 0.15) is 6.61 Å². The molecule has 2 aromatic rings. The highest BCUT2D eigenvalue weighted by atomic mass is 16.5. The van der Waals surface area contributed by atoms with Gasteiger partial charge in [0.25, 0.3) is 0 Å². The Morgan fingerprint density at radius 2 is 1.54 bits per heavy atom. The summed E-state index contributed by atoms with van der Waals surface area (Å²) in [6.45, 7) is 2.40. The van der Waals surface area contributed by atoms with Crippen LogP contribution in [0.5, 0.6) is 0 Å². The summed E-state index contributed by atoms with van der Waals surface area (Å²) in [6, 6.07) is 18.0. The van der Waals surface area contributed by atoms with Crippen molar-refractivity contribution in [3.8, 4) is 0 Å². The highest BCUT2D eigenvalue weighted by Crippen LogP contribution is 2.34. The Morgan fingerprint density at radius 1 is 1.00 bits per heavy atom. The second kappa shape index (κ2) is 6.96. The van der Waals surface area contributed by atoms with E-state index in [4.69, 9.17) is 4.74 Å². The van der Waals surface area contributed by atoms with E-state index in [1.807, 2.05) is 36.4 Å². The van der Waals surface area contributed by atoms with Crippen LogP contribution in [-0.4, -0.2) is 35.7 Å². The van der Waals surface area contributed by atoms with Gasteiger partial charge in [-0.3, -0.25) is 0 Å². The van der Waals surface area contributed by atoms with Crippen LogP contribution in [0.25, 0.3) is 0 Å². The summed E-state index contributed by atoms with van der Waals surface area (Å²) in [5.41, 5.74) is 0.370. The van der Waals surface area contributed by atoms with Crippen molar-refractivity contribution in [2.45, 2.75) is 18.4 Å². The summed E-state index contributed by atoms with van der Waals surface area (Å²) in [6.07, 6.45) is 4.35. The van der Waals surface area contributed by atoms with Gasteiger partial charge in [0, 0.05) is 19.3 Å². The Bertz CT molecular complexity index is 753. The van der Waals surface area contributed by atoms with Crippen molar-refractivity contribution in [3.05, 3.63) is 83.6 Å². The summed E-state index contributed by atoms with van der Waals surface area (Å²) < 4.78 is 5.62. The minimum Gasteiger partial charge on any atom is -0.458 e. The van der Waals surface area contributed by atoms with E-state index in [9.17, 15) is 9.90 Å². The topological polar surface area (TPSA) is 49.8 Å². The largest absolute Gasteiger partial charge is 0.458 e. The van der Waals surface area contributed by atoms with Gasteiger partial charge < -0.3 is 14.7 Å². The smallest absolute Gasteiger partial charge is 0.348 e. The molecule has 1 N–H and O–H groups in total. The zero-order valence-corrected chi connectivity index (χ0v) is 14.7. The van der Waals surface area contributed by atoms with E-state index in [2.05, 4.69) is 11.1 Å². The molecule has 3 heterocycles. The third kappa shape index (κ3) is 3.01. The SMILES string of the molecule is O=C(OCC1=CN2CCC1CC2)C(O)(c1ccccc1)c1ccccc1. The van der Waals surface area contributed by atoms with Gasteiger partial charge in [-0.2, -0.15) is 0 Å². The molecule has 1 fully saturated rings. The van der Waals surface area contributed by atoms with Crippen LogP contribution in [0.3, 0.4) is 0 Å². The summed E-state index contributed by atoms with van der Waals surface area (Å²) in [7, 11) is 0. The third-order valence-electron chi connectivity index (χ3n) is 5.45. The molecule has 0 saturated carbocycles. The van der Waals surface area contributed by atoms with Gasteiger partial charge in [-0.1, -0.05) is 60.7 Å². The fraction of sp³-hybridized carbons (Fsp3) is 0.318. The van der Waals surface area contributed by atoms with E-state index in [0.717, 1.165) is 31.5 Å². The van der Waals surface area contributed by atoms with Crippen molar-refractivity contribution in [1.29, 1.82) is 0 Å². The van der Waals surface area contributed by atoms with Crippen LogP contribution in [0, 0.1) is 5.92 Å². The number of fused-ring (bicyclic) bond motifs is 2. The molecule has 0 unspecified atom stereocenters. The molecule has 4 heteroatoms. The number of aliphatic hydroxyl groups is 1. The normalized spacial score (nSPS) is 17.1. The molecule has 0 amide bonds. The number of benzene rings is 2. The van der Waals surface area contributed by atoms with Gasteiger partial charge >= 0.3 is 5.97 Å². The van der Waals surface area contributed by atoms with Crippen molar-refractivity contribution < 1.29 is 14.6 Å². The van der Waals surface area contributed by atoms with E-state index < -0.39 is 11.6 Å². The number of rotatable bonds is 5. The van der Waals surface area contributed by atoms with Gasteiger partial charge in [-0.15, -0.1) is 0 Å². The summed E-state index contributed by atoms with van der Waals surface area (Å²) in [5.74, 6) is -0.137. The third-order valence-corrected chi connectivity index (χ3v) is 5.45. The van der Waals surface area contributed by atoms with Crippen LogP contribution in [-0.2, 0) is 15.1 Å². The molecule has 3 aliphatic heterocycles. The van der Waals surface area contributed by atoms with Crippen LogP contribution < -0.4 is 0 Å². The molecule has 3 aliphatic rings. The molecular weight excluding hydrogens is 326 g/mol. The predicted octanol–water partition coefficient (Wildman–Crippen LogP) is 3.08. The van der Waals surface area contributed by atoms with Gasteiger partial charge in [0.15, 0.2) is 0 Å². The number of hydrogen-bond donors (Lipinski definition) is 1. The Morgan fingerprint density at radius 3 is 2.00 bits per heavy atom. The van der Waals surface area contributed by atoms with E-state index in [-0.39, 0.29) is 6.61 Å². The Kier molecular flexibility index (Phi) is 4.51. The van der Waals surface area contributed by atoms with Crippen molar-refractivity contribution in [1.82, 2.24) is 4.90 Å². The maximum absolute atomic E-state index is 13.0. The molecule has 2 aromatic carbocycles. The van der Waals surface area contributed by atoms with Crippen molar-refractivity contribution >= 4 is 5.97 Å².